The molecule has 3 heterocycles. The normalized spacial score (nSPS) is 15.7. The molecule has 0 aromatic carbocycles. The highest BCUT2D eigenvalue weighted by molar-refractivity contribution is 5.93. The van der Waals surface area contributed by atoms with E-state index >= 15 is 0 Å². The van der Waals surface area contributed by atoms with Crippen LogP contribution in [-0.2, 0) is 13.5 Å². The van der Waals surface area contributed by atoms with E-state index in [9.17, 15) is 0 Å². The predicted octanol–water partition coefficient (Wildman–Crippen LogP) is 3.31. The minimum absolute atomic E-state index is 0.870. The zero-order valence-corrected chi connectivity index (χ0v) is 11.6. The van der Waals surface area contributed by atoms with Gasteiger partial charge < -0.3 is 4.98 Å². The number of rotatable bonds is 3. The molecule has 0 atom stereocenters. The van der Waals surface area contributed by atoms with Gasteiger partial charge in [0.25, 0.3) is 0 Å². The summed E-state index contributed by atoms with van der Waals surface area (Å²) in [5.74, 6) is 0.870. The number of H-pyrrole nitrogens is 1. The van der Waals surface area contributed by atoms with Gasteiger partial charge in [0.1, 0.15) is 5.65 Å². The molecular weight excluding hydrogens is 248 g/mol. The van der Waals surface area contributed by atoms with Crippen LogP contribution in [0.1, 0.15) is 24.8 Å². The van der Waals surface area contributed by atoms with Gasteiger partial charge in [-0.25, -0.2) is 4.98 Å². The van der Waals surface area contributed by atoms with E-state index in [-0.39, 0.29) is 0 Å². The number of aromatic nitrogens is 4. The summed E-state index contributed by atoms with van der Waals surface area (Å²) in [7, 11) is 1.94. The molecule has 3 aromatic heterocycles. The standard InChI is InChI=1S/C16H18N4/c1-20-10-13(8-19-20)15-9-18-16-14(15)6-12(7-17-16)5-11-3-2-4-11/h6-11H,2-5H2,1H3,(H,17,18). The first-order valence-electron chi connectivity index (χ1n) is 7.24. The fraction of sp³-hybridized carbons (Fsp3) is 0.375. The number of pyridine rings is 1. The van der Waals surface area contributed by atoms with Crippen LogP contribution in [0.3, 0.4) is 0 Å². The summed E-state index contributed by atoms with van der Waals surface area (Å²) in [6.07, 6.45) is 13.3. The van der Waals surface area contributed by atoms with Crippen LogP contribution < -0.4 is 0 Å². The lowest BCUT2D eigenvalue weighted by Crippen LogP contribution is -2.13. The van der Waals surface area contributed by atoms with Gasteiger partial charge in [0.2, 0.25) is 0 Å². The highest BCUT2D eigenvalue weighted by atomic mass is 15.2. The van der Waals surface area contributed by atoms with E-state index in [0.29, 0.717) is 0 Å². The Kier molecular flexibility index (Phi) is 2.62. The molecule has 1 N–H and O–H groups in total. The topological polar surface area (TPSA) is 46.5 Å². The molecule has 1 aliphatic carbocycles. The van der Waals surface area contributed by atoms with Crippen molar-refractivity contribution in [3.63, 3.8) is 0 Å². The Labute approximate surface area is 117 Å². The molecular formula is C16H18N4. The smallest absolute Gasteiger partial charge is 0.137 e. The van der Waals surface area contributed by atoms with Crippen molar-refractivity contribution in [1.29, 1.82) is 0 Å². The molecule has 1 saturated carbocycles. The first-order chi connectivity index (χ1) is 9.79. The van der Waals surface area contributed by atoms with Crippen molar-refractivity contribution in [1.82, 2.24) is 19.7 Å². The SMILES string of the molecule is Cn1cc(-c2c[nH]c3ncc(CC4CCC4)cc23)cn1. The van der Waals surface area contributed by atoms with E-state index in [1.807, 2.05) is 36.5 Å². The third-order valence-corrected chi connectivity index (χ3v) is 4.35. The van der Waals surface area contributed by atoms with Gasteiger partial charge in [0.05, 0.1) is 6.20 Å². The first kappa shape index (κ1) is 11.7. The van der Waals surface area contributed by atoms with Crippen LogP contribution in [0, 0.1) is 5.92 Å². The highest BCUT2D eigenvalue weighted by Crippen LogP contribution is 2.32. The average molecular weight is 266 g/mol. The van der Waals surface area contributed by atoms with Crippen molar-refractivity contribution in [2.24, 2.45) is 13.0 Å². The van der Waals surface area contributed by atoms with Crippen LogP contribution in [0.25, 0.3) is 22.2 Å². The van der Waals surface area contributed by atoms with Crippen LogP contribution in [0.15, 0.2) is 30.9 Å². The maximum atomic E-state index is 4.56. The minimum atomic E-state index is 0.870. The maximum Gasteiger partial charge on any atom is 0.137 e. The quantitative estimate of drug-likeness (QED) is 0.790. The third kappa shape index (κ3) is 1.92. The van der Waals surface area contributed by atoms with Gasteiger partial charge in [0.15, 0.2) is 0 Å². The molecule has 4 rings (SSSR count). The lowest BCUT2D eigenvalue weighted by molar-refractivity contribution is 0.314. The largest absolute Gasteiger partial charge is 0.346 e. The van der Waals surface area contributed by atoms with Crippen LogP contribution in [-0.4, -0.2) is 19.7 Å². The summed E-state index contributed by atoms with van der Waals surface area (Å²) < 4.78 is 1.83. The molecule has 0 saturated heterocycles. The maximum absolute atomic E-state index is 4.56. The molecule has 4 heteroatoms. The molecule has 20 heavy (non-hydrogen) atoms. The highest BCUT2D eigenvalue weighted by Gasteiger charge is 2.18. The van der Waals surface area contributed by atoms with E-state index in [1.54, 1.807) is 0 Å². The Bertz CT molecular complexity index is 749. The van der Waals surface area contributed by atoms with Gasteiger partial charge in [0, 0.05) is 42.2 Å². The van der Waals surface area contributed by atoms with Gasteiger partial charge in [-0.05, 0) is 24.0 Å². The summed E-state index contributed by atoms with van der Waals surface area (Å²) in [4.78, 5) is 7.82. The summed E-state index contributed by atoms with van der Waals surface area (Å²) in [5.41, 5.74) is 4.64. The Balaban J connectivity index is 1.75. The zero-order chi connectivity index (χ0) is 13.5. The van der Waals surface area contributed by atoms with Crippen LogP contribution in [0.4, 0.5) is 0 Å². The van der Waals surface area contributed by atoms with E-state index in [1.165, 1.54) is 42.2 Å². The molecule has 0 bridgehead atoms. The number of hydrogen-bond donors (Lipinski definition) is 1. The van der Waals surface area contributed by atoms with E-state index in [0.717, 1.165) is 17.1 Å². The number of hydrogen-bond acceptors (Lipinski definition) is 2. The van der Waals surface area contributed by atoms with Gasteiger partial charge in [-0.2, -0.15) is 5.10 Å². The van der Waals surface area contributed by atoms with Gasteiger partial charge in [-0.1, -0.05) is 19.3 Å². The fourth-order valence-corrected chi connectivity index (χ4v) is 2.99. The molecule has 0 amide bonds. The van der Waals surface area contributed by atoms with Crippen LogP contribution in [0.5, 0.6) is 0 Å². The molecule has 0 radical (unpaired) electrons. The molecule has 1 aliphatic rings. The Hall–Kier alpha value is -2.10. The van der Waals surface area contributed by atoms with Crippen LogP contribution >= 0.6 is 0 Å². The van der Waals surface area contributed by atoms with Gasteiger partial charge in [-0.15, -0.1) is 0 Å². The monoisotopic (exact) mass is 266 g/mol. The number of nitrogens with one attached hydrogen (secondary N) is 1. The van der Waals surface area contributed by atoms with E-state index in [2.05, 4.69) is 21.1 Å². The second-order valence-corrected chi connectivity index (χ2v) is 5.85. The number of aryl methyl sites for hydroxylation is 1. The molecule has 0 spiro atoms. The van der Waals surface area contributed by atoms with Crippen molar-refractivity contribution in [2.75, 3.05) is 0 Å². The number of nitrogens with zero attached hydrogens (tertiary/aromatic N) is 3. The molecule has 102 valence electrons. The van der Waals surface area contributed by atoms with Crippen LogP contribution in [0.2, 0.25) is 0 Å². The lowest BCUT2D eigenvalue weighted by Gasteiger charge is -2.25. The van der Waals surface area contributed by atoms with Crippen molar-refractivity contribution in [3.05, 3.63) is 36.4 Å². The summed E-state index contributed by atoms with van der Waals surface area (Å²) in [6.45, 7) is 0. The number of aromatic amines is 1. The molecule has 0 aliphatic heterocycles. The first-order valence-corrected chi connectivity index (χ1v) is 7.24. The summed E-state index contributed by atoms with van der Waals surface area (Å²) >= 11 is 0. The predicted molar refractivity (Wildman–Crippen MR) is 79.3 cm³/mol. The van der Waals surface area contributed by atoms with Crippen molar-refractivity contribution >= 4 is 11.0 Å². The summed E-state index contributed by atoms with van der Waals surface area (Å²) in [5, 5.41) is 5.46. The van der Waals surface area contributed by atoms with Crippen molar-refractivity contribution < 1.29 is 0 Å². The fourth-order valence-electron chi connectivity index (χ4n) is 2.99. The van der Waals surface area contributed by atoms with Crippen molar-refractivity contribution in [2.45, 2.75) is 25.7 Å². The van der Waals surface area contributed by atoms with Gasteiger partial charge >= 0.3 is 0 Å². The Morgan fingerprint density at radius 1 is 1.35 bits per heavy atom. The minimum Gasteiger partial charge on any atom is -0.346 e. The molecule has 0 unspecified atom stereocenters. The second-order valence-electron chi connectivity index (χ2n) is 5.85. The van der Waals surface area contributed by atoms with Gasteiger partial charge in [-0.3, -0.25) is 4.68 Å². The molecule has 4 nitrogen and oxygen atoms in total. The third-order valence-electron chi connectivity index (χ3n) is 4.35. The Morgan fingerprint density at radius 3 is 2.95 bits per heavy atom. The second kappa shape index (κ2) is 4.47. The Morgan fingerprint density at radius 2 is 2.25 bits per heavy atom. The average Bonchev–Trinajstić information content (AvgIpc) is 2.99. The summed E-state index contributed by atoms with van der Waals surface area (Å²) in [6, 6.07) is 2.29. The lowest BCUT2D eigenvalue weighted by atomic mass is 9.81. The van der Waals surface area contributed by atoms with E-state index < -0.39 is 0 Å². The van der Waals surface area contributed by atoms with E-state index in [4.69, 9.17) is 0 Å². The molecule has 3 aromatic rings. The zero-order valence-electron chi connectivity index (χ0n) is 11.6. The van der Waals surface area contributed by atoms with Crippen molar-refractivity contribution in [3.8, 4) is 11.1 Å². The molecule has 1 fully saturated rings. The number of fused-ring (bicyclic) bond motifs is 1.